The Morgan fingerprint density at radius 2 is 2.11 bits per heavy atom. The van der Waals surface area contributed by atoms with Crippen molar-refractivity contribution >= 4 is 11.9 Å². The molecule has 0 bridgehead atoms. The number of ether oxygens (including phenoxy) is 2. The van der Waals surface area contributed by atoms with Gasteiger partial charge in [-0.1, -0.05) is 19.9 Å². The van der Waals surface area contributed by atoms with Crippen LogP contribution in [0.1, 0.15) is 41.9 Å². The molecule has 0 aromatic heterocycles. The maximum Gasteiger partial charge on any atom is 0.330 e. The summed E-state index contributed by atoms with van der Waals surface area (Å²) in [7, 11) is 1.31. The smallest absolute Gasteiger partial charge is 0.330 e. The fraction of sp³-hybridized carbons (Fsp3) is 0.600. The van der Waals surface area contributed by atoms with Crippen molar-refractivity contribution in [1.82, 2.24) is 0 Å². The summed E-state index contributed by atoms with van der Waals surface area (Å²) in [5.41, 5.74) is 1.31. The van der Waals surface area contributed by atoms with Gasteiger partial charge in [-0.05, 0) is 36.3 Å². The summed E-state index contributed by atoms with van der Waals surface area (Å²) in [6.45, 7) is 7.16. The highest BCUT2D eigenvalue weighted by Gasteiger charge is 2.33. The van der Waals surface area contributed by atoms with Gasteiger partial charge >= 0.3 is 11.9 Å². The molecule has 0 amide bonds. The number of hydrogen-bond donors (Lipinski definition) is 0. The molecule has 1 aliphatic carbocycles. The molecule has 1 atom stereocenters. The van der Waals surface area contributed by atoms with Crippen LogP contribution in [0.5, 0.6) is 0 Å². The molecule has 19 heavy (non-hydrogen) atoms. The lowest BCUT2D eigenvalue weighted by molar-refractivity contribution is -0.145. The summed E-state index contributed by atoms with van der Waals surface area (Å²) in [6, 6.07) is 0. The maximum absolute atomic E-state index is 11.2. The topological polar surface area (TPSA) is 52.6 Å². The van der Waals surface area contributed by atoms with Crippen molar-refractivity contribution in [2.75, 3.05) is 7.11 Å². The molecule has 0 spiro atoms. The minimum Gasteiger partial charge on any atom is -0.466 e. The summed E-state index contributed by atoms with van der Waals surface area (Å²) in [4.78, 5) is 22.4. The number of methoxy groups -OCH3 is 1. The number of rotatable bonds is 3. The van der Waals surface area contributed by atoms with Crippen LogP contribution in [0.2, 0.25) is 0 Å². The molecule has 1 rings (SSSR count). The van der Waals surface area contributed by atoms with Gasteiger partial charge in [0.2, 0.25) is 0 Å². The lowest BCUT2D eigenvalue weighted by Crippen LogP contribution is -2.30. The molecule has 0 fully saturated rings. The van der Waals surface area contributed by atoms with E-state index in [9.17, 15) is 9.59 Å². The first-order valence-corrected chi connectivity index (χ1v) is 6.30. The van der Waals surface area contributed by atoms with Crippen LogP contribution in [0.4, 0.5) is 0 Å². The predicted molar refractivity (Wildman–Crippen MR) is 72.4 cm³/mol. The number of esters is 2. The standard InChI is InChI=1S/C15H22O4/c1-10-12(6-7-14(17)18-5)15(3,4)9-8-13(10)19-11(2)16/h6-7,13H,8-9H2,1-5H3/b7-6+/i13D. The van der Waals surface area contributed by atoms with E-state index in [1.165, 1.54) is 20.1 Å². The van der Waals surface area contributed by atoms with Gasteiger partial charge in [-0.3, -0.25) is 4.79 Å². The molecule has 0 aromatic carbocycles. The Morgan fingerprint density at radius 3 is 2.63 bits per heavy atom. The van der Waals surface area contributed by atoms with E-state index in [2.05, 4.69) is 4.74 Å². The van der Waals surface area contributed by atoms with Gasteiger partial charge in [-0.15, -0.1) is 0 Å². The van der Waals surface area contributed by atoms with Crippen LogP contribution in [-0.4, -0.2) is 25.1 Å². The summed E-state index contributed by atoms with van der Waals surface area (Å²) in [5.74, 6) is -0.926. The molecule has 4 nitrogen and oxygen atoms in total. The molecule has 0 saturated carbocycles. The first-order valence-electron chi connectivity index (χ1n) is 6.80. The van der Waals surface area contributed by atoms with E-state index in [1.54, 1.807) is 13.0 Å². The maximum atomic E-state index is 11.2. The van der Waals surface area contributed by atoms with Crippen molar-refractivity contribution in [3.63, 3.8) is 0 Å². The van der Waals surface area contributed by atoms with E-state index in [1.807, 2.05) is 13.8 Å². The number of allylic oxidation sites excluding steroid dienone is 2. The Morgan fingerprint density at radius 1 is 1.47 bits per heavy atom. The van der Waals surface area contributed by atoms with Crippen molar-refractivity contribution < 1.29 is 20.4 Å². The second-order valence-corrected chi connectivity index (χ2v) is 5.30. The Labute approximate surface area is 115 Å². The summed E-state index contributed by atoms with van der Waals surface area (Å²) in [5, 5.41) is 0. The molecule has 0 heterocycles. The molecular weight excluding hydrogens is 244 g/mol. The zero-order valence-electron chi connectivity index (χ0n) is 13.2. The van der Waals surface area contributed by atoms with Crippen LogP contribution >= 0.6 is 0 Å². The molecule has 0 aliphatic heterocycles. The lowest BCUT2D eigenvalue weighted by atomic mass is 9.71. The summed E-state index contributed by atoms with van der Waals surface area (Å²) >= 11 is 0. The minimum atomic E-state index is -1.35. The molecule has 106 valence electrons. The van der Waals surface area contributed by atoms with Crippen molar-refractivity contribution in [2.45, 2.75) is 46.6 Å². The normalized spacial score (nSPS) is 27.1. The van der Waals surface area contributed by atoms with Crippen LogP contribution in [-0.2, 0) is 19.1 Å². The zero-order chi connectivity index (χ0) is 15.6. The second-order valence-electron chi connectivity index (χ2n) is 5.30. The average Bonchev–Trinajstić information content (AvgIpc) is 2.33. The third kappa shape index (κ3) is 3.94. The molecular formula is C15H22O4. The highest BCUT2D eigenvalue weighted by Crippen LogP contribution is 2.41. The van der Waals surface area contributed by atoms with Gasteiger partial charge in [0, 0.05) is 13.0 Å². The summed E-state index contributed by atoms with van der Waals surface area (Å²) < 4.78 is 18.1. The van der Waals surface area contributed by atoms with Crippen molar-refractivity contribution in [2.24, 2.45) is 5.41 Å². The van der Waals surface area contributed by atoms with Crippen molar-refractivity contribution in [1.29, 1.82) is 0 Å². The van der Waals surface area contributed by atoms with Gasteiger partial charge in [0.25, 0.3) is 0 Å². The van der Waals surface area contributed by atoms with Gasteiger partial charge in [-0.2, -0.15) is 0 Å². The van der Waals surface area contributed by atoms with Gasteiger partial charge < -0.3 is 9.47 Å². The largest absolute Gasteiger partial charge is 0.466 e. The van der Waals surface area contributed by atoms with Gasteiger partial charge in [0.05, 0.1) is 8.48 Å². The monoisotopic (exact) mass is 267 g/mol. The van der Waals surface area contributed by atoms with Crippen LogP contribution in [0.3, 0.4) is 0 Å². The average molecular weight is 267 g/mol. The Hall–Kier alpha value is -1.58. The highest BCUT2D eigenvalue weighted by molar-refractivity contribution is 5.82. The lowest BCUT2D eigenvalue weighted by Gasteiger charge is -2.36. The fourth-order valence-electron chi connectivity index (χ4n) is 2.28. The van der Waals surface area contributed by atoms with Gasteiger partial charge in [-0.25, -0.2) is 4.79 Å². The van der Waals surface area contributed by atoms with E-state index < -0.39 is 18.0 Å². The molecule has 0 saturated heterocycles. The van der Waals surface area contributed by atoms with Crippen LogP contribution in [0, 0.1) is 5.41 Å². The molecule has 1 aliphatic rings. The van der Waals surface area contributed by atoms with Gasteiger partial charge in [0.15, 0.2) is 0 Å². The number of carbonyl (C=O) groups is 2. The van der Waals surface area contributed by atoms with Crippen LogP contribution in [0.15, 0.2) is 23.3 Å². The fourth-order valence-corrected chi connectivity index (χ4v) is 2.28. The van der Waals surface area contributed by atoms with E-state index in [0.717, 1.165) is 5.57 Å². The third-order valence-corrected chi connectivity index (χ3v) is 3.38. The Balaban J connectivity index is 3.22. The quantitative estimate of drug-likeness (QED) is 0.583. The number of carbonyl (C=O) groups excluding carboxylic acids is 2. The number of hydrogen-bond acceptors (Lipinski definition) is 4. The minimum absolute atomic E-state index is 0.181. The van der Waals surface area contributed by atoms with Gasteiger partial charge in [0.1, 0.15) is 6.08 Å². The van der Waals surface area contributed by atoms with Crippen molar-refractivity contribution in [3.8, 4) is 0 Å². The zero-order valence-corrected chi connectivity index (χ0v) is 12.2. The van der Waals surface area contributed by atoms with E-state index in [-0.39, 0.29) is 5.41 Å². The van der Waals surface area contributed by atoms with E-state index >= 15 is 0 Å². The third-order valence-electron chi connectivity index (χ3n) is 3.38. The van der Waals surface area contributed by atoms with Crippen molar-refractivity contribution in [3.05, 3.63) is 23.3 Å². The molecule has 1 unspecified atom stereocenters. The SMILES string of the molecule is [2H]C1(OC(C)=O)CCC(C)(C)C(/C=C/C(=O)OC)=C1C. The first-order chi connectivity index (χ1) is 9.12. The van der Waals surface area contributed by atoms with Crippen LogP contribution in [0.25, 0.3) is 0 Å². The second kappa shape index (κ2) is 6.04. The predicted octanol–water partition coefficient (Wildman–Crippen LogP) is 2.78. The molecule has 0 radical (unpaired) electrons. The molecule has 0 N–H and O–H groups in total. The summed E-state index contributed by atoms with van der Waals surface area (Å²) in [6.07, 6.45) is 2.79. The highest BCUT2D eigenvalue weighted by atomic mass is 16.5. The molecule has 4 heteroatoms. The molecule has 0 aromatic rings. The van der Waals surface area contributed by atoms with E-state index in [0.29, 0.717) is 18.4 Å². The Kier molecular flexibility index (Phi) is 4.40. The first kappa shape index (κ1) is 13.8. The Bertz CT molecular complexity index is 476. The van der Waals surface area contributed by atoms with E-state index in [4.69, 9.17) is 6.11 Å². The van der Waals surface area contributed by atoms with Crippen LogP contribution < -0.4 is 0 Å².